The number of halogens is 1. The van der Waals surface area contributed by atoms with Crippen molar-refractivity contribution >= 4 is 35.2 Å². The summed E-state index contributed by atoms with van der Waals surface area (Å²) in [7, 11) is 0. The lowest BCUT2D eigenvalue weighted by Crippen LogP contribution is -2.16. The Bertz CT molecular complexity index is 1270. The number of nitrogens with one attached hydrogen (secondary N) is 3. The molecular formula is C29H34ClN5O4. The van der Waals surface area contributed by atoms with Gasteiger partial charge in [-0.15, -0.1) is 0 Å². The van der Waals surface area contributed by atoms with E-state index < -0.39 is 11.9 Å². The van der Waals surface area contributed by atoms with Crippen LogP contribution in [0.3, 0.4) is 0 Å². The number of carbonyl (C=O) groups is 2. The Balaban J connectivity index is 0.000000386. The van der Waals surface area contributed by atoms with Crippen LogP contribution in [0.15, 0.2) is 48.7 Å². The third kappa shape index (κ3) is 8.94. The lowest BCUT2D eigenvalue weighted by Gasteiger charge is -2.16. The summed E-state index contributed by atoms with van der Waals surface area (Å²) in [5.74, 6) is -0.646. The lowest BCUT2D eigenvalue weighted by atomic mass is 10.0. The molecule has 2 aliphatic rings. The van der Waals surface area contributed by atoms with Gasteiger partial charge in [-0.05, 0) is 73.5 Å². The van der Waals surface area contributed by atoms with E-state index in [-0.39, 0.29) is 12.8 Å². The topological polar surface area (TPSA) is 136 Å². The molecule has 2 heterocycles. The fraction of sp³-hybridized carbons (Fsp3) is 0.379. The van der Waals surface area contributed by atoms with Crippen molar-refractivity contribution in [1.29, 1.82) is 0 Å². The molecule has 0 atom stereocenters. The van der Waals surface area contributed by atoms with E-state index in [0.717, 1.165) is 66.9 Å². The fourth-order valence-corrected chi connectivity index (χ4v) is 4.54. The van der Waals surface area contributed by atoms with Gasteiger partial charge in [-0.3, -0.25) is 9.59 Å². The van der Waals surface area contributed by atoms with E-state index in [0.29, 0.717) is 5.95 Å². The van der Waals surface area contributed by atoms with Crippen molar-refractivity contribution in [2.24, 2.45) is 5.92 Å². The van der Waals surface area contributed by atoms with Gasteiger partial charge in [0.2, 0.25) is 5.95 Å². The van der Waals surface area contributed by atoms with Crippen LogP contribution in [0.4, 0.5) is 11.6 Å². The zero-order valence-corrected chi connectivity index (χ0v) is 22.5. The van der Waals surface area contributed by atoms with Gasteiger partial charge in [0.1, 0.15) is 0 Å². The number of carboxylic acids is 2. The Hall–Kier alpha value is -3.69. The molecule has 3 aromatic rings. The number of nitrogens with zero attached hydrogens (tertiary/aromatic N) is 2. The van der Waals surface area contributed by atoms with Crippen molar-refractivity contribution in [3.05, 3.63) is 70.4 Å². The van der Waals surface area contributed by atoms with Gasteiger partial charge in [-0.2, -0.15) is 0 Å². The number of rotatable bonds is 10. The molecule has 9 nitrogen and oxygen atoms in total. The second kappa shape index (κ2) is 13.9. The van der Waals surface area contributed by atoms with Gasteiger partial charge in [0.05, 0.1) is 29.2 Å². The predicted molar refractivity (Wildman–Crippen MR) is 152 cm³/mol. The molecule has 1 fully saturated rings. The highest BCUT2D eigenvalue weighted by Crippen LogP contribution is 2.31. The molecule has 0 radical (unpaired) electrons. The van der Waals surface area contributed by atoms with E-state index in [1.807, 2.05) is 18.3 Å². The van der Waals surface area contributed by atoms with E-state index in [1.54, 1.807) is 0 Å². The normalized spacial score (nSPS) is 14.3. The molecule has 1 aromatic heterocycles. The van der Waals surface area contributed by atoms with E-state index in [4.69, 9.17) is 21.8 Å². The minimum Gasteiger partial charge on any atom is -0.481 e. The van der Waals surface area contributed by atoms with Crippen LogP contribution in [0.2, 0.25) is 5.02 Å². The highest BCUT2D eigenvalue weighted by molar-refractivity contribution is 6.33. The lowest BCUT2D eigenvalue weighted by molar-refractivity contribution is -0.143. The van der Waals surface area contributed by atoms with Crippen LogP contribution < -0.4 is 16.0 Å². The average Bonchev–Trinajstić information content (AvgIpc) is 3.78. The Morgan fingerprint density at radius 2 is 1.67 bits per heavy atom. The highest BCUT2D eigenvalue weighted by atomic mass is 35.5. The molecule has 0 amide bonds. The van der Waals surface area contributed by atoms with Crippen molar-refractivity contribution in [3.63, 3.8) is 0 Å². The third-order valence-corrected chi connectivity index (χ3v) is 6.97. The number of aliphatic carboxylic acids is 2. The molecule has 0 saturated heterocycles. The van der Waals surface area contributed by atoms with Gasteiger partial charge in [0.15, 0.2) is 0 Å². The molecule has 5 N–H and O–H groups in total. The number of hydrogen-bond acceptors (Lipinski definition) is 7. The quantitative estimate of drug-likeness (QED) is 0.239. The van der Waals surface area contributed by atoms with Crippen LogP contribution in [0, 0.1) is 5.92 Å². The molecule has 0 bridgehead atoms. The molecule has 5 rings (SSSR count). The number of carboxylic acid groups (broad SMARTS) is 2. The van der Waals surface area contributed by atoms with Gasteiger partial charge in [-0.1, -0.05) is 41.9 Å². The molecule has 39 heavy (non-hydrogen) atoms. The van der Waals surface area contributed by atoms with E-state index >= 15 is 0 Å². The smallest absolute Gasteiger partial charge is 0.303 e. The van der Waals surface area contributed by atoms with E-state index in [1.165, 1.54) is 29.5 Å². The zero-order valence-electron chi connectivity index (χ0n) is 21.8. The van der Waals surface area contributed by atoms with Gasteiger partial charge < -0.3 is 26.2 Å². The molecule has 0 spiro atoms. The Kier molecular flexibility index (Phi) is 10.1. The third-order valence-electron chi connectivity index (χ3n) is 6.66. The maximum absolute atomic E-state index is 9.64. The average molecular weight is 552 g/mol. The largest absolute Gasteiger partial charge is 0.481 e. The highest BCUT2D eigenvalue weighted by Gasteiger charge is 2.21. The number of aromatic nitrogens is 2. The van der Waals surface area contributed by atoms with E-state index in [9.17, 15) is 9.59 Å². The second-order valence-corrected chi connectivity index (χ2v) is 10.1. The number of hydrogen-bond donors (Lipinski definition) is 5. The fourth-order valence-electron chi connectivity index (χ4n) is 4.29. The van der Waals surface area contributed by atoms with Crippen LogP contribution in [-0.2, 0) is 29.0 Å². The molecule has 206 valence electrons. The van der Waals surface area contributed by atoms with Crippen LogP contribution in [0.5, 0.6) is 0 Å². The first-order chi connectivity index (χ1) is 18.9. The van der Waals surface area contributed by atoms with Crippen LogP contribution in [0.25, 0.3) is 11.3 Å². The zero-order chi connectivity index (χ0) is 27.6. The summed E-state index contributed by atoms with van der Waals surface area (Å²) in [6, 6.07) is 14.7. The van der Waals surface area contributed by atoms with Crippen molar-refractivity contribution in [1.82, 2.24) is 15.3 Å². The first kappa shape index (κ1) is 28.3. The number of fused-ring (bicyclic) bond motifs is 1. The minimum atomic E-state index is -1.08. The molecular weight excluding hydrogens is 518 g/mol. The van der Waals surface area contributed by atoms with Gasteiger partial charge in [-0.25, -0.2) is 9.97 Å². The molecule has 0 unspecified atom stereocenters. The molecule has 2 aromatic carbocycles. The Labute approximate surface area is 233 Å². The van der Waals surface area contributed by atoms with Crippen LogP contribution >= 0.6 is 11.6 Å². The summed E-state index contributed by atoms with van der Waals surface area (Å²) in [4.78, 5) is 28.3. The Morgan fingerprint density at radius 1 is 0.949 bits per heavy atom. The molecule has 1 aliphatic carbocycles. The van der Waals surface area contributed by atoms with Gasteiger partial charge >= 0.3 is 11.9 Å². The standard InChI is InChI=1S/C25H28ClN5.C4H6O4/c26-22-8-7-19-9-12-27-13-10-21(19)24(22)29-15-18-3-5-20(6-4-18)23-11-14-28-25(31-23)30-16-17-1-2-17;5-3(6)1-2-4(7)8/h3-8,11,14,17,27,29H,1-2,9-10,12-13,15-16H2,(H,28,30,31);1-2H2,(H,5,6)(H,7,8). The Morgan fingerprint density at radius 3 is 2.36 bits per heavy atom. The number of benzene rings is 2. The summed E-state index contributed by atoms with van der Waals surface area (Å²) < 4.78 is 0. The SMILES string of the molecule is Clc1ccc2c(c1NCc1ccc(-c3ccnc(NCC4CC4)n3)cc1)CCNCC2.O=C(O)CCC(=O)O. The van der Waals surface area contributed by atoms with Crippen LogP contribution in [0.1, 0.15) is 42.4 Å². The van der Waals surface area contributed by atoms with Crippen molar-refractivity contribution in [2.75, 3.05) is 30.3 Å². The minimum absolute atomic E-state index is 0.296. The second-order valence-electron chi connectivity index (χ2n) is 9.74. The molecule has 10 heteroatoms. The van der Waals surface area contributed by atoms with Crippen molar-refractivity contribution in [3.8, 4) is 11.3 Å². The molecule has 1 saturated carbocycles. The monoisotopic (exact) mass is 551 g/mol. The number of anilines is 2. The van der Waals surface area contributed by atoms with Gasteiger partial charge in [0.25, 0.3) is 0 Å². The molecule has 1 aliphatic heterocycles. The van der Waals surface area contributed by atoms with E-state index in [2.05, 4.69) is 56.3 Å². The van der Waals surface area contributed by atoms with Crippen molar-refractivity contribution < 1.29 is 19.8 Å². The van der Waals surface area contributed by atoms with Gasteiger partial charge in [0, 0.05) is 24.8 Å². The maximum atomic E-state index is 9.64. The maximum Gasteiger partial charge on any atom is 0.303 e. The summed E-state index contributed by atoms with van der Waals surface area (Å²) in [5, 5.41) is 27.0. The predicted octanol–water partition coefficient (Wildman–Crippen LogP) is 4.86. The summed E-state index contributed by atoms with van der Waals surface area (Å²) in [5.41, 5.74) is 7.07. The van der Waals surface area contributed by atoms with Crippen molar-refractivity contribution in [2.45, 2.75) is 45.1 Å². The van der Waals surface area contributed by atoms with Crippen LogP contribution in [-0.4, -0.2) is 51.8 Å². The summed E-state index contributed by atoms with van der Waals surface area (Å²) in [6.45, 7) is 3.72. The summed E-state index contributed by atoms with van der Waals surface area (Å²) in [6.07, 6.45) is 5.91. The summed E-state index contributed by atoms with van der Waals surface area (Å²) >= 11 is 6.55. The first-order valence-corrected chi connectivity index (χ1v) is 13.6. The first-order valence-electron chi connectivity index (χ1n) is 13.2.